The monoisotopic (exact) mass is 1000 g/mol. The summed E-state index contributed by atoms with van der Waals surface area (Å²) in [6.07, 6.45) is 0. The Hall–Kier alpha value is -9.53. The minimum Gasteiger partial charge on any atom is -0.309 e. The second kappa shape index (κ2) is 17.0. The molecule has 5 heterocycles. The summed E-state index contributed by atoms with van der Waals surface area (Å²) in [6, 6.07) is 89.5. The molecule has 0 atom stereocenters. The fourth-order valence-corrected chi connectivity index (χ4v) is 14.5. The lowest BCUT2D eigenvalue weighted by atomic mass is 9.90. The molecule has 76 heavy (non-hydrogen) atoms. The lowest BCUT2D eigenvalue weighted by Crippen LogP contribution is -2.01. The molecule has 354 valence electrons. The molecule has 0 amide bonds. The molecule has 0 unspecified atom stereocenters. The van der Waals surface area contributed by atoms with Crippen molar-refractivity contribution < 1.29 is 0 Å². The van der Waals surface area contributed by atoms with Gasteiger partial charge in [-0.1, -0.05) is 182 Å². The molecule has 0 spiro atoms. The van der Waals surface area contributed by atoms with Gasteiger partial charge >= 0.3 is 0 Å². The van der Waals surface area contributed by atoms with Crippen LogP contribution in [-0.4, -0.2) is 24.1 Å². The first-order valence-corrected chi connectivity index (χ1v) is 27.2. The van der Waals surface area contributed by atoms with Crippen molar-refractivity contribution in [2.24, 2.45) is 0 Å². The largest absolute Gasteiger partial charge is 0.309 e. The topological polar surface area (TPSA) is 48.5 Å². The van der Waals surface area contributed by atoms with Crippen molar-refractivity contribution in [3.05, 3.63) is 249 Å². The molecular formula is C69H41N5S2. The van der Waals surface area contributed by atoms with E-state index >= 15 is 0 Å². The number of rotatable bonds is 7. The van der Waals surface area contributed by atoms with Gasteiger partial charge in [0.05, 0.1) is 22.1 Å². The van der Waals surface area contributed by atoms with Gasteiger partial charge in [0.25, 0.3) is 0 Å². The summed E-state index contributed by atoms with van der Waals surface area (Å²) in [5.41, 5.74) is 14.4. The van der Waals surface area contributed by atoms with Crippen LogP contribution in [-0.2, 0) is 0 Å². The van der Waals surface area contributed by atoms with Gasteiger partial charge in [0.1, 0.15) is 0 Å². The van der Waals surface area contributed by atoms with E-state index in [9.17, 15) is 0 Å². The lowest BCUT2D eigenvalue weighted by Gasteiger charge is -2.15. The van der Waals surface area contributed by atoms with Gasteiger partial charge in [-0.15, -0.1) is 22.7 Å². The predicted molar refractivity (Wildman–Crippen MR) is 321 cm³/mol. The van der Waals surface area contributed by atoms with Crippen LogP contribution in [0.3, 0.4) is 0 Å². The van der Waals surface area contributed by atoms with Crippen LogP contribution >= 0.6 is 22.7 Å². The van der Waals surface area contributed by atoms with Crippen LogP contribution < -0.4 is 0 Å². The molecule has 0 radical (unpaired) electrons. The van der Waals surface area contributed by atoms with Crippen molar-refractivity contribution in [1.29, 1.82) is 0 Å². The van der Waals surface area contributed by atoms with E-state index in [0.29, 0.717) is 17.5 Å². The second-order valence-corrected chi connectivity index (χ2v) is 21.5. The Morgan fingerprint density at radius 1 is 0.263 bits per heavy atom. The van der Waals surface area contributed by atoms with Crippen molar-refractivity contribution in [2.45, 2.75) is 0 Å². The quantitative estimate of drug-likeness (QED) is 0.160. The van der Waals surface area contributed by atoms with Gasteiger partial charge in [0, 0.05) is 90.0 Å². The first kappa shape index (κ1) is 42.9. The number of thiophene rings is 2. The van der Waals surface area contributed by atoms with Gasteiger partial charge in [-0.2, -0.15) is 0 Å². The van der Waals surface area contributed by atoms with Gasteiger partial charge in [0.2, 0.25) is 0 Å². The molecule has 5 nitrogen and oxygen atoms in total. The Morgan fingerprint density at radius 2 is 0.711 bits per heavy atom. The maximum atomic E-state index is 5.43. The van der Waals surface area contributed by atoms with Gasteiger partial charge in [-0.3, -0.25) is 0 Å². The van der Waals surface area contributed by atoms with Gasteiger partial charge < -0.3 is 9.13 Å². The molecule has 0 aliphatic heterocycles. The van der Waals surface area contributed by atoms with Gasteiger partial charge in [0.15, 0.2) is 17.5 Å². The second-order valence-electron chi connectivity index (χ2n) is 19.4. The fourth-order valence-electron chi connectivity index (χ4n) is 11.9. The zero-order chi connectivity index (χ0) is 49.8. The van der Waals surface area contributed by atoms with E-state index in [1.165, 1.54) is 89.5 Å². The maximum absolute atomic E-state index is 5.43. The van der Waals surface area contributed by atoms with E-state index in [4.69, 9.17) is 15.0 Å². The molecule has 0 saturated heterocycles. The number of benzene rings is 11. The molecule has 7 heteroatoms. The summed E-state index contributed by atoms with van der Waals surface area (Å²) in [5.74, 6) is 1.87. The highest BCUT2D eigenvalue weighted by atomic mass is 32.1. The zero-order valence-electron chi connectivity index (χ0n) is 40.7. The van der Waals surface area contributed by atoms with E-state index < -0.39 is 0 Å². The Labute approximate surface area is 444 Å². The Bertz CT molecular complexity index is 4920. The third kappa shape index (κ3) is 6.53. The van der Waals surface area contributed by atoms with E-state index in [-0.39, 0.29) is 0 Å². The number of hydrogen-bond acceptors (Lipinski definition) is 5. The highest BCUT2D eigenvalue weighted by molar-refractivity contribution is 7.27. The first-order chi connectivity index (χ1) is 37.7. The van der Waals surface area contributed by atoms with Crippen LogP contribution in [0.2, 0.25) is 0 Å². The first-order valence-electron chi connectivity index (χ1n) is 25.6. The van der Waals surface area contributed by atoms with E-state index in [1.807, 2.05) is 59.1 Å². The van der Waals surface area contributed by atoms with Crippen LogP contribution in [0.15, 0.2) is 249 Å². The van der Waals surface area contributed by atoms with Crippen molar-refractivity contribution in [1.82, 2.24) is 24.1 Å². The van der Waals surface area contributed by atoms with Crippen LogP contribution in [0.5, 0.6) is 0 Å². The average Bonchev–Trinajstić information content (AvgIpc) is 4.28. The Morgan fingerprint density at radius 3 is 1.24 bits per heavy atom. The summed E-state index contributed by atoms with van der Waals surface area (Å²) < 4.78 is 9.85. The van der Waals surface area contributed by atoms with Gasteiger partial charge in [-0.25, -0.2) is 15.0 Å². The number of fused-ring (bicyclic) bond motifs is 14. The maximum Gasteiger partial charge on any atom is 0.164 e. The summed E-state index contributed by atoms with van der Waals surface area (Å²) >= 11 is 3.76. The molecule has 0 aliphatic rings. The van der Waals surface area contributed by atoms with Crippen LogP contribution in [0.4, 0.5) is 0 Å². The molecular weight excluding hydrogens is 963 g/mol. The number of para-hydroxylation sites is 4. The normalized spacial score (nSPS) is 11.9. The number of aromatic nitrogens is 5. The van der Waals surface area contributed by atoms with Crippen molar-refractivity contribution >= 4 is 107 Å². The van der Waals surface area contributed by atoms with Crippen molar-refractivity contribution in [3.8, 4) is 67.8 Å². The molecule has 16 rings (SSSR count). The van der Waals surface area contributed by atoms with Crippen LogP contribution in [0, 0.1) is 0 Å². The minimum atomic E-state index is 0.618. The molecule has 0 saturated carbocycles. The summed E-state index contributed by atoms with van der Waals surface area (Å²) in [4.78, 5) is 16.0. The van der Waals surface area contributed by atoms with E-state index in [1.54, 1.807) is 0 Å². The molecule has 11 aromatic carbocycles. The van der Waals surface area contributed by atoms with E-state index in [2.05, 4.69) is 221 Å². The standard InChI is InChI=1S/C69H41N5S2/c1-5-19-42(20-6-1)67-70-68(43-21-7-2-8-22-43)72-69(71-67)54-41-44(47-29-17-33-59-61(47)52-37-39-57-63(65(52)75-59)50-27-13-15-31-55(50)73(57)45-23-9-3-10-24-45)35-36-48(54)49-30-18-34-60-62(49)53-38-40-58-64(66(53)76-60)51-28-14-16-32-56(51)74(58)46-25-11-4-12-26-46/h1-41H. The molecule has 16 aromatic rings. The predicted octanol–water partition coefficient (Wildman–Crippen LogP) is 19.1. The molecule has 0 bridgehead atoms. The lowest BCUT2D eigenvalue weighted by molar-refractivity contribution is 1.07. The smallest absolute Gasteiger partial charge is 0.164 e. The fraction of sp³-hybridized carbons (Fsp3) is 0. The number of hydrogen-bond donors (Lipinski definition) is 0. The molecule has 0 N–H and O–H groups in total. The molecule has 0 fully saturated rings. The third-order valence-electron chi connectivity index (χ3n) is 15.2. The Kier molecular flexibility index (Phi) is 9.61. The van der Waals surface area contributed by atoms with E-state index in [0.717, 1.165) is 44.8 Å². The highest BCUT2D eigenvalue weighted by Crippen LogP contribution is 2.50. The van der Waals surface area contributed by atoms with Crippen LogP contribution in [0.1, 0.15) is 0 Å². The average molecular weight is 1000 g/mol. The molecule has 5 aromatic heterocycles. The summed E-state index contributed by atoms with van der Waals surface area (Å²) in [7, 11) is 0. The zero-order valence-corrected chi connectivity index (χ0v) is 42.4. The third-order valence-corrected chi connectivity index (χ3v) is 17.6. The minimum absolute atomic E-state index is 0.618. The van der Waals surface area contributed by atoms with Gasteiger partial charge in [-0.05, 0) is 89.0 Å². The van der Waals surface area contributed by atoms with Crippen molar-refractivity contribution in [3.63, 3.8) is 0 Å². The summed E-state index contributed by atoms with van der Waals surface area (Å²) in [5, 5.41) is 10.00. The number of nitrogens with zero attached hydrogens (tertiary/aromatic N) is 5. The highest BCUT2D eigenvalue weighted by Gasteiger charge is 2.24. The van der Waals surface area contributed by atoms with Crippen molar-refractivity contribution in [2.75, 3.05) is 0 Å². The van der Waals surface area contributed by atoms with Crippen LogP contribution in [0.25, 0.3) is 152 Å². The summed E-state index contributed by atoms with van der Waals surface area (Å²) in [6.45, 7) is 0. The Balaban J connectivity index is 0.963. The molecule has 0 aliphatic carbocycles. The SMILES string of the molecule is c1ccc(-c2nc(-c3ccccc3)nc(-c3cc(-c4cccc5sc6c(ccc7c6c6ccccc6n7-c6ccccc6)c45)ccc3-c3cccc4sc5c(ccc6c5c5ccccc5n6-c5ccccc5)c34)n2)cc1.